The van der Waals surface area contributed by atoms with E-state index in [1.807, 2.05) is 18.2 Å². The van der Waals surface area contributed by atoms with Crippen LogP contribution in [0.5, 0.6) is 0 Å². The Morgan fingerprint density at radius 1 is 0.900 bits per heavy atom. The molecule has 0 radical (unpaired) electrons. The van der Waals surface area contributed by atoms with Gasteiger partial charge < -0.3 is 15.5 Å². The Hall–Kier alpha value is -2.17. The van der Waals surface area contributed by atoms with E-state index in [2.05, 4.69) is 5.32 Å². The molecule has 4 nitrogen and oxygen atoms in total. The second-order valence-electron chi connectivity index (χ2n) is 4.60. The molecule has 0 heterocycles. The molecule has 0 saturated carbocycles. The van der Waals surface area contributed by atoms with Crippen molar-refractivity contribution in [3.8, 4) is 0 Å². The van der Waals surface area contributed by atoms with Crippen molar-refractivity contribution in [3.05, 3.63) is 65.7 Å². The fourth-order valence-electron chi connectivity index (χ4n) is 1.98. The molecule has 0 aromatic heterocycles. The number of anilines is 1. The highest BCUT2D eigenvalue weighted by Crippen LogP contribution is 2.29. The van der Waals surface area contributed by atoms with Gasteiger partial charge in [-0.15, -0.1) is 0 Å². The van der Waals surface area contributed by atoms with Gasteiger partial charge in [-0.3, -0.25) is 4.79 Å². The van der Waals surface area contributed by atoms with E-state index in [0.29, 0.717) is 16.8 Å². The van der Waals surface area contributed by atoms with Gasteiger partial charge in [0.25, 0.3) is 0 Å². The van der Waals surface area contributed by atoms with Crippen LogP contribution >= 0.6 is 0 Å². The summed E-state index contributed by atoms with van der Waals surface area (Å²) in [6.45, 7) is 1.43. The van der Waals surface area contributed by atoms with E-state index in [0.717, 1.165) is 0 Å². The summed E-state index contributed by atoms with van der Waals surface area (Å²) in [6, 6.07) is 15.7. The van der Waals surface area contributed by atoms with E-state index in [9.17, 15) is 15.0 Å². The molecule has 0 aliphatic rings. The highest BCUT2D eigenvalue weighted by molar-refractivity contribution is 5.88. The number of nitrogens with one attached hydrogen (secondary N) is 1. The Balaban J connectivity index is 2.13. The zero-order valence-corrected chi connectivity index (χ0v) is 11.2. The number of rotatable bonds is 4. The Labute approximate surface area is 117 Å². The van der Waals surface area contributed by atoms with Gasteiger partial charge in [0.05, 0.1) is 0 Å². The van der Waals surface area contributed by atoms with Gasteiger partial charge in [-0.25, -0.2) is 0 Å². The Morgan fingerprint density at radius 2 is 1.40 bits per heavy atom. The zero-order valence-electron chi connectivity index (χ0n) is 11.2. The first kappa shape index (κ1) is 14.2. The van der Waals surface area contributed by atoms with Crippen LogP contribution in [0.3, 0.4) is 0 Å². The van der Waals surface area contributed by atoms with Gasteiger partial charge in [0.2, 0.25) is 5.91 Å². The zero-order chi connectivity index (χ0) is 14.5. The molecule has 0 saturated heterocycles. The number of aliphatic hydroxyl groups is 2. The van der Waals surface area contributed by atoms with E-state index >= 15 is 0 Å². The average molecular weight is 271 g/mol. The van der Waals surface area contributed by atoms with Gasteiger partial charge in [0.1, 0.15) is 12.2 Å². The SMILES string of the molecule is CC(=O)Nc1ccc(C(O)C(O)c2ccccc2)cc1. The van der Waals surface area contributed by atoms with Crippen molar-refractivity contribution in [1.29, 1.82) is 0 Å². The summed E-state index contributed by atoms with van der Waals surface area (Å²) >= 11 is 0. The van der Waals surface area contributed by atoms with Crippen molar-refractivity contribution in [1.82, 2.24) is 0 Å². The number of carbonyl (C=O) groups excluding carboxylic acids is 1. The summed E-state index contributed by atoms with van der Waals surface area (Å²) in [5.41, 5.74) is 1.91. The van der Waals surface area contributed by atoms with Gasteiger partial charge in [0, 0.05) is 12.6 Å². The highest BCUT2D eigenvalue weighted by Gasteiger charge is 2.19. The monoisotopic (exact) mass is 271 g/mol. The van der Waals surface area contributed by atoms with Crippen LogP contribution in [-0.2, 0) is 4.79 Å². The third kappa shape index (κ3) is 3.44. The smallest absolute Gasteiger partial charge is 0.221 e. The molecule has 0 fully saturated rings. The second kappa shape index (κ2) is 6.32. The van der Waals surface area contributed by atoms with Crippen molar-refractivity contribution < 1.29 is 15.0 Å². The van der Waals surface area contributed by atoms with E-state index < -0.39 is 12.2 Å². The van der Waals surface area contributed by atoms with Crippen LogP contribution in [-0.4, -0.2) is 16.1 Å². The number of aliphatic hydroxyl groups excluding tert-OH is 2. The molecule has 0 aliphatic heterocycles. The second-order valence-corrected chi connectivity index (χ2v) is 4.60. The molecule has 0 spiro atoms. The van der Waals surface area contributed by atoms with Crippen LogP contribution in [0.4, 0.5) is 5.69 Å². The summed E-state index contributed by atoms with van der Waals surface area (Å²) in [5.74, 6) is -0.150. The van der Waals surface area contributed by atoms with Crippen molar-refractivity contribution in [2.75, 3.05) is 5.32 Å². The highest BCUT2D eigenvalue weighted by atomic mass is 16.3. The molecule has 2 unspecified atom stereocenters. The number of benzene rings is 2. The molecular formula is C16H17NO3. The van der Waals surface area contributed by atoms with Crippen LogP contribution in [0, 0.1) is 0 Å². The van der Waals surface area contributed by atoms with Gasteiger partial charge in [-0.2, -0.15) is 0 Å². The van der Waals surface area contributed by atoms with Crippen LogP contribution in [0.25, 0.3) is 0 Å². The number of amides is 1. The maximum absolute atomic E-state index is 10.9. The predicted octanol–water partition coefficient (Wildman–Crippen LogP) is 2.41. The molecule has 4 heteroatoms. The molecule has 2 rings (SSSR count). The molecule has 0 bridgehead atoms. The normalized spacial score (nSPS) is 13.6. The minimum atomic E-state index is -1.01. The van der Waals surface area contributed by atoms with Crippen molar-refractivity contribution in [3.63, 3.8) is 0 Å². The Morgan fingerprint density at radius 3 is 1.90 bits per heavy atom. The average Bonchev–Trinajstić information content (AvgIpc) is 2.47. The van der Waals surface area contributed by atoms with E-state index in [1.54, 1.807) is 36.4 Å². The van der Waals surface area contributed by atoms with Gasteiger partial charge in [-0.1, -0.05) is 42.5 Å². The molecule has 104 valence electrons. The number of hydrogen-bond donors (Lipinski definition) is 3. The summed E-state index contributed by atoms with van der Waals surface area (Å²) in [5, 5.41) is 23.0. The lowest BCUT2D eigenvalue weighted by Gasteiger charge is -2.18. The molecule has 2 aromatic carbocycles. The van der Waals surface area contributed by atoms with Crippen LogP contribution in [0.2, 0.25) is 0 Å². The fourth-order valence-corrected chi connectivity index (χ4v) is 1.98. The quantitative estimate of drug-likeness (QED) is 0.799. The minimum absolute atomic E-state index is 0.150. The predicted molar refractivity (Wildman–Crippen MR) is 77.1 cm³/mol. The summed E-state index contributed by atoms with van der Waals surface area (Å²) in [7, 11) is 0. The summed E-state index contributed by atoms with van der Waals surface area (Å²) in [6.07, 6.45) is -1.99. The molecule has 2 aromatic rings. The topological polar surface area (TPSA) is 69.6 Å². The maximum atomic E-state index is 10.9. The molecule has 2 atom stereocenters. The Bertz CT molecular complexity index is 566. The largest absolute Gasteiger partial charge is 0.385 e. The van der Waals surface area contributed by atoms with Gasteiger partial charge in [-0.05, 0) is 23.3 Å². The molecule has 20 heavy (non-hydrogen) atoms. The molecular weight excluding hydrogens is 254 g/mol. The first-order valence-electron chi connectivity index (χ1n) is 6.36. The van der Waals surface area contributed by atoms with E-state index in [4.69, 9.17) is 0 Å². The fraction of sp³-hybridized carbons (Fsp3) is 0.188. The van der Waals surface area contributed by atoms with Crippen molar-refractivity contribution in [2.45, 2.75) is 19.1 Å². The summed E-state index contributed by atoms with van der Waals surface area (Å²) < 4.78 is 0. The van der Waals surface area contributed by atoms with Crippen molar-refractivity contribution >= 4 is 11.6 Å². The lowest BCUT2D eigenvalue weighted by molar-refractivity contribution is -0.114. The Kier molecular flexibility index (Phi) is 4.50. The third-order valence-corrected chi connectivity index (χ3v) is 3.01. The van der Waals surface area contributed by atoms with Crippen LogP contribution in [0.1, 0.15) is 30.3 Å². The van der Waals surface area contributed by atoms with Gasteiger partial charge in [0.15, 0.2) is 0 Å². The number of hydrogen-bond acceptors (Lipinski definition) is 3. The van der Waals surface area contributed by atoms with Crippen LogP contribution in [0.15, 0.2) is 54.6 Å². The molecule has 1 amide bonds. The van der Waals surface area contributed by atoms with E-state index in [-0.39, 0.29) is 5.91 Å². The standard InChI is InChI=1S/C16H17NO3/c1-11(18)17-14-9-7-13(8-10-14)16(20)15(19)12-5-3-2-4-6-12/h2-10,15-16,19-20H,1H3,(H,17,18). The maximum Gasteiger partial charge on any atom is 0.221 e. The first-order valence-corrected chi connectivity index (χ1v) is 6.36. The lowest BCUT2D eigenvalue weighted by Crippen LogP contribution is -2.11. The van der Waals surface area contributed by atoms with Gasteiger partial charge >= 0.3 is 0 Å². The van der Waals surface area contributed by atoms with Crippen molar-refractivity contribution in [2.24, 2.45) is 0 Å². The van der Waals surface area contributed by atoms with Crippen LogP contribution < -0.4 is 5.32 Å². The lowest BCUT2D eigenvalue weighted by atomic mass is 9.98. The minimum Gasteiger partial charge on any atom is -0.385 e. The van der Waals surface area contributed by atoms with E-state index in [1.165, 1.54) is 6.92 Å². The summed E-state index contributed by atoms with van der Waals surface area (Å²) in [4.78, 5) is 10.9. The first-order chi connectivity index (χ1) is 9.58. The molecule has 3 N–H and O–H groups in total. The molecule has 0 aliphatic carbocycles. The number of carbonyl (C=O) groups is 1. The third-order valence-electron chi connectivity index (χ3n) is 3.01.